The first kappa shape index (κ1) is 27.4. The largest absolute Gasteiger partial charge is 0.490 e. The topological polar surface area (TPSA) is 65.8 Å². The Labute approximate surface area is 212 Å². The number of rotatable bonds is 7. The molecule has 192 valence electrons. The van der Waals surface area contributed by atoms with Crippen molar-refractivity contribution >= 4 is 35.0 Å². The Bertz CT molecular complexity index is 1170. The van der Waals surface area contributed by atoms with E-state index in [9.17, 15) is 22.4 Å². The first-order valence-corrected chi connectivity index (χ1v) is 11.5. The number of ether oxygens (including phenoxy) is 2. The highest BCUT2D eigenvalue weighted by Gasteiger charge is 2.36. The van der Waals surface area contributed by atoms with Crippen LogP contribution in [0.2, 0.25) is 0 Å². The molecule has 0 N–H and O–H groups in total. The predicted octanol–water partition coefficient (Wildman–Crippen LogP) is 5.34. The van der Waals surface area contributed by atoms with Gasteiger partial charge in [-0.25, -0.2) is 4.39 Å². The lowest BCUT2D eigenvalue weighted by atomic mass is 10.0. The summed E-state index contributed by atoms with van der Waals surface area (Å²) in [4.78, 5) is 14.5. The summed E-state index contributed by atoms with van der Waals surface area (Å²) >= 11 is 5.55. The number of benzene rings is 2. The molecule has 1 aliphatic rings. The fourth-order valence-corrected chi connectivity index (χ4v) is 4.19. The van der Waals surface area contributed by atoms with E-state index in [1.165, 1.54) is 41.1 Å². The second-order valence-corrected chi connectivity index (χ2v) is 9.31. The van der Waals surface area contributed by atoms with E-state index >= 15 is 0 Å². The van der Waals surface area contributed by atoms with Crippen molar-refractivity contribution in [1.82, 2.24) is 0 Å². The first-order chi connectivity index (χ1) is 16.9. The second-order valence-electron chi connectivity index (χ2n) is 8.94. The Morgan fingerprint density at radius 1 is 1.25 bits per heavy atom. The van der Waals surface area contributed by atoms with E-state index in [2.05, 4.69) is 0 Å². The lowest BCUT2D eigenvalue weighted by Crippen LogP contribution is -2.54. The van der Waals surface area contributed by atoms with Crippen molar-refractivity contribution in [3.63, 3.8) is 0 Å². The van der Waals surface area contributed by atoms with Crippen molar-refractivity contribution in [1.29, 1.82) is 5.26 Å². The molecule has 2 aromatic carbocycles. The van der Waals surface area contributed by atoms with Crippen LogP contribution in [0.5, 0.6) is 5.75 Å². The van der Waals surface area contributed by atoms with Crippen LogP contribution >= 0.6 is 12.2 Å². The molecule has 1 heterocycles. The zero-order chi connectivity index (χ0) is 26.7. The van der Waals surface area contributed by atoms with Gasteiger partial charge in [-0.15, -0.1) is 0 Å². The van der Waals surface area contributed by atoms with Gasteiger partial charge in [0, 0.05) is 37.0 Å². The Morgan fingerprint density at radius 2 is 1.94 bits per heavy atom. The number of nitrogens with zero attached hydrogens (tertiary/aromatic N) is 3. The third-order valence-corrected chi connectivity index (χ3v) is 6.29. The fraction of sp³-hybridized carbons (Fsp3) is 0.400. The van der Waals surface area contributed by atoms with Crippen molar-refractivity contribution in [2.75, 3.05) is 36.7 Å². The summed E-state index contributed by atoms with van der Waals surface area (Å²) in [5, 5.41) is 9.00. The molecule has 0 saturated carbocycles. The number of nitriles is 1. The predicted molar refractivity (Wildman–Crippen MR) is 131 cm³/mol. The van der Waals surface area contributed by atoms with E-state index in [0.717, 1.165) is 24.6 Å². The smallest absolute Gasteiger partial charge is 0.417 e. The van der Waals surface area contributed by atoms with Gasteiger partial charge < -0.3 is 24.1 Å². The van der Waals surface area contributed by atoms with Crippen LogP contribution in [-0.2, 0) is 15.7 Å². The summed E-state index contributed by atoms with van der Waals surface area (Å²) in [7, 11) is 1.43. The zero-order valence-corrected chi connectivity index (χ0v) is 20.8. The maximum absolute atomic E-state index is 14.9. The third-order valence-electron chi connectivity index (χ3n) is 5.83. The van der Waals surface area contributed by atoms with Gasteiger partial charge in [-0.05, 0) is 62.8 Å². The highest BCUT2D eigenvalue weighted by atomic mass is 32.1. The number of anilines is 2. The minimum Gasteiger partial charge on any atom is -0.490 e. The van der Waals surface area contributed by atoms with Crippen molar-refractivity contribution in [2.24, 2.45) is 5.92 Å². The summed E-state index contributed by atoms with van der Waals surface area (Å²) in [6, 6.07) is 8.80. The van der Waals surface area contributed by atoms with Crippen molar-refractivity contribution in [3.05, 3.63) is 53.3 Å². The van der Waals surface area contributed by atoms with Crippen molar-refractivity contribution in [2.45, 2.75) is 32.0 Å². The average Bonchev–Trinajstić information content (AvgIpc) is 3.35. The summed E-state index contributed by atoms with van der Waals surface area (Å²) in [5.41, 5.74) is -2.67. The summed E-state index contributed by atoms with van der Waals surface area (Å²) in [5.74, 6) is -0.484. The molecule has 0 spiro atoms. The molecular formula is C25H25F4N3O3S. The molecule has 1 saturated heterocycles. The van der Waals surface area contributed by atoms with Gasteiger partial charge in [0.05, 0.1) is 35.9 Å². The number of alkyl halides is 3. The van der Waals surface area contributed by atoms with E-state index in [1.807, 2.05) is 0 Å². The number of aldehydes is 1. The molecule has 1 aliphatic heterocycles. The number of carbonyl (C=O) groups is 1. The standard InChI is InChI=1S/C25H25F4N3O3S/c1-24(2,15-33)32(19-6-7-22(21(26)11-19)35-14-16-8-9-34-13-16)23(36)31(3)18-5-4-17(12-30)20(10-18)25(27,28)29/h4-7,10-11,15-16H,8-9,13-14H2,1-3H3. The number of halogens is 4. The molecule has 0 aliphatic carbocycles. The molecule has 1 fully saturated rings. The van der Waals surface area contributed by atoms with Gasteiger partial charge in [-0.3, -0.25) is 0 Å². The van der Waals surface area contributed by atoms with Gasteiger partial charge in [0.15, 0.2) is 16.7 Å². The lowest BCUT2D eigenvalue weighted by Gasteiger charge is -2.39. The zero-order valence-electron chi connectivity index (χ0n) is 19.9. The van der Waals surface area contributed by atoms with E-state index in [-0.39, 0.29) is 28.2 Å². The van der Waals surface area contributed by atoms with Gasteiger partial charge in [-0.1, -0.05) is 0 Å². The molecule has 2 aromatic rings. The molecule has 1 unspecified atom stereocenters. The van der Waals surface area contributed by atoms with E-state index in [0.29, 0.717) is 26.1 Å². The van der Waals surface area contributed by atoms with Crippen LogP contribution in [0.25, 0.3) is 0 Å². The van der Waals surface area contributed by atoms with E-state index in [4.69, 9.17) is 27.0 Å². The maximum Gasteiger partial charge on any atom is 0.417 e. The number of hydrogen-bond acceptors (Lipinski definition) is 5. The number of carbonyl (C=O) groups excluding carboxylic acids is 1. The van der Waals surface area contributed by atoms with E-state index < -0.39 is 28.7 Å². The minimum absolute atomic E-state index is 0.0238. The van der Waals surface area contributed by atoms with Crippen molar-refractivity contribution < 1.29 is 31.8 Å². The highest BCUT2D eigenvalue weighted by Crippen LogP contribution is 2.35. The molecule has 0 radical (unpaired) electrons. The molecule has 36 heavy (non-hydrogen) atoms. The Balaban J connectivity index is 1.93. The molecule has 6 nitrogen and oxygen atoms in total. The van der Waals surface area contributed by atoms with Crippen LogP contribution in [0.3, 0.4) is 0 Å². The molecule has 1 atom stereocenters. The molecule has 11 heteroatoms. The summed E-state index contributed by atoms with van der Waals surface area (Å²) in [6.45, 7) is 4.57. The van der Waals surface area contributed by atoms with Gasteiger partial charge in [0.1, 0.15) is 6.29 Å². The molecule has 0 amide bonds. The van der Waals surface area contributed by atoms with Crippen LogP contribution in [-0.4, -0.2) is 43.8 Å². The van der Waals surface area contributed by atoms with Crippen LogP contribution in [0.4, 0.5) is 28.9 Å². The Hall–Kier alpha value is -3.23. The maximum atomic E-state index is 14.9. The van der Waals surface area contributed by atoms with Gasteiger partial charge in [0.2, 0.25) is 0 Å². The normalized spacial score (nSPS) is 15.8. The average molecular weight is 524 g/mol. The fourth-order valence-electron chi connectivity index (χ4n) is 3.74. The highest BCUT2D eigenvalue weighted by molar-refractivity contribution is 7.80. The second kappa shape index (κ2) is 10.8. The van der Waals surface area contributed by atoms with Crippen LogP contribution in [0, 0.1) is 23.1 Å². The molecular weight excluding hydrogens is 498 g/mol. The van der Waals surface area contributed by atoms with Crippen LogP contribution in [0.1, 0.15) is 31.4 Å². The first-order valence-electron chi connectivity index (χ1n) is 11.0. The Morgan fingerprint density at radius 3 is 2.50 bits per heavy atom. The van der Waals surface area contributed by atoms with Gasteiger partial charge in [-0.2, -0.15) is 18.4 Å². The number of hydrogen-bond donors (Lipinski definition) is 0. The monoisotopic (exact) mass is 523 g/mol. The summed E-state index contributed by atoms with van der Waals surface area (Å²) in [6.07, 6.45) is -3.32. The summed E-state index contributed by atoms with van der Waals surface area (Å²) < 4.78 is 66.2. The van der Waals surface area contributed by atoms with Gasteiger partial charge >= 0.3 is 6.18 Å². The quantitative estimate of drug-likeness (QED) is 0.276. The van der Waals surface area contributed by atoms with Gasteiger partial charge in [0.25, 0.3) is 0 Å². The lowest BCUT2D eigenvalue weighted by molar-refractivity contribution is -0.137. The van der Waals surface area contributed by atoms with Crippen LogP contribution < -0.4 is 14.5 Å². The molecule has 0 aromatic heterocycles. The third kappa shape index (κ3) is 5.94. The SMILES string of the molecule is CN(C(=S)N(c1ccc(OCC2CCOC2)c(F)c1)C(C)(C)C=O)c1ccc(C#N)c(C(F)(F)F)c1. The molecule has 3 rings (SSSR count). The Kier molecular flexibility index (Phi) is 8.21. The van der Waals surface area contributed by atoms with Crippen molar-refractivity contribution in [3.8, 4) is 11.8 Å². The van der Waals surface area contributed by atoms with Crippen LogP contribution in [0.15, 0.2) is 36.4 Å². The number of thiocarbonyl (C=S) groups is 1. The minimum atomic E-state index is -4.76. The molecule has 0 bridgehead atoms. The van der Waals surface area contributed by atoms with E-state index in [1.54, 1.807) is 13.8 Å².